The van der Waals surface area contributed by atoms with Crippen molar-refractivity contribution in [1.82, 2.24) is 5.32 Å². The van der Waals surface area contributed by atoms with E-state index in [1.807, 2.05) is 31.2 Å². The average molecular weight is 326 g/mol. The highest BCUT2D eigenvalue weighted by Crippen LogP contribution is 2.46. The van der Waals surface area contributed by atoms with E-state index in [2.05, 4.69) is 21.2 Å². The van der Waals surface area contributed by atoms with E-state index in [0.29, 0.717) is 18.4 Å². The highest BCUT2D eigenvalue weighted by atomic mass is 79.9. The van der Waals surface area contributed by atoms with Gasteiger partial charge in [-0.1, -0.05) is 28.1 Å². The van der Waals surface area contributed by atoms with Gasteiger partial charge in [0.25, 0.3) is 0 Å². The number of benzene rings is 1. The SMILES string of the molecule is Cc1cccc(OCCC(=O)NCC2(CBr)CC2)c1. The smallest absolute Gasteiger partial charge is 0.223 e. The molecule has 1 aromatic carbocycles. The molecule has 1 aromatic rings. The maximum absolute atomic E-state index is 11.7. The van der Waals surface area contributed by atoms with Crippen molar-refractivity contribution >= 4 is 21.8 Å². The molecule has 0 spiro atoms. The highest BCUT2D eigenvalue weighted by molar-refractivity contribution is 9.09. The highest BCUT2D eigenvalue weighted by Gasteiger charge is 2.41. The Morgan fingerprint density at radius 2 is 2.26 bits per heavy atom. The summed E-state index contributed by atoms with van der Waals surface area (Å²) >= 11 is 3.50. The number of carbonyl (C=O) groups is 1. The summed E-state index contributed by atoms with van der Waals surface area (Å²) in [6.07, 6.45) is 2.82. The Bertz CT molecular complexity index is 444. The maximum atomic E-state index is 11.7. The molecule has 1 aliphatic carbocycles. The van der Waals surface area contributed by atoms with Gasteiger partial charge in [0.05, 0.1) is 13.0 Å². The minimum Gasteiger partial charge on any atom is -0.493 e. The Balaban J connectivity index is 1.64. The van der Waals surface area contributed by atoms with E-state index < -0.39 is 0 Å². The molecule has 1 saturated carbocycles. The molecule has 0 heterocycles. The number of rotatable bonds is 7. The number of nitrogens with one attached hydrogen (secondary N) is 1. The molecule has 2 rings (SSSR count). The minimum atomic E-state index is 0.0693. The fourth-order valence-corrected chi connectivity index (χ4v) is 2.63. The van der Waals surface area contributed by atoms with Crippen molar-refractivity contribution in [3.8, 4) is 5.75 Å². The zero-order valence-corrected chi connectivity index (χ0v) is 12.8. The molecule has 0 saturated heterocycles. The van der Waals surface area contributed by atoms with Gasteiger partial charge in [-0.2, -0.15) is 0 Å². The molecule has 1 amide bonds. The number of hydrogen-bond acceptors (Lipinski definition) is 2. The lowest BCUT2D eigenvalue weighted by Gasteiger charge is -2.12. The Hall–Kier alpha value is -1.03. The Morgan fingerprint density at radius 1 is 1.47 bits per heavy atom. The van der Waals surface area contributed by atoms with Gasteiger partial charge in [0.15, 0.2) is 0 Å². The third-order valence-corrected chi connectivity index (χ3v) is 4.68. The van der Waals surface area contributed by atoms with Crippen LogP contribution in [0.15, 0.2) is 24.3 Å². The molecule has 0 bridgehead atoms. The van der Waals surface area contributed by atoms with E-state index in [0.717, 1.165) is 23.2 Å². The van der Waals surface area contributed by atoms with Crippen molar-refractivity contribution in [2.45, 2.75) is 26.2 Å². The van der Waals surface area contributed by atoms with Gasteiger partial charge in [0.2, 0.25) is 5.91 Å². The molecular formula is C15H20BrNO2. The van der Waals surface area contributed by atoms with Gasteiger partial charge >= 0.3 is 0 Å². The van der Waals surface area contributed by atoms with Gasteiger partial charge in [-0.05, 0) is 42.9 Å². The van der Waals surface area contributed by atoms with Gasteiger partial charge in [-0.25, -0.2) is 0 Å². The van der Waals surface area contributed by atoms with Crippen molar-refractivity contribution in [2.75, 3.05) is 18.5 Å². The molecule has 3 nitrogen and oxygen atoms in total. The lowest BCUT2D eigenvalue weighted by atomic mass is 10.1. The molecule has 19 heavy (non-hydrogen) atoms. The summed E-state index contributed by atoms with van der Waals surface area (Å²) in [4.78, 5) is 11.7. The Labute approximate surface area is 122 Å². The van der Waals surface area contributed by atoms with Crippen molar-refractivity contribution in [3.05, 3.63) is 29.8 Å². The van der Waals surface area contributed by atoms with E-state index in [4.69, 9.17) is 4.74 Å². The summed E-state index contributed by atoms with van der Waals surface area (Å²) in [5.74, 6) is 0.895. The second-order valence-electron chi connectivity index (χ2n) is 5.33. The first-order valence-corrected chi connectivity index (χ1v) is 7.78. The summed E-state index contributed by atoms with van der Waals surface area (Å²) in [6, 6.07) is 7.86. The maximum Gasteiger partial charge on any atom is 0.223 e. The lowest BCUT2D eigenvalue weighted by Crippen LogP contribution is -2.31. The summed E-state index contributed by atoms with van der Waals surface area (Å²) in [5.41, 5.74) is 1.49. The number of amides is 1. The molecule has 0 unspecified atom stereocenters. The van der Waals surface area contributed by atoms with Crippen molar-refractivity contribution in [1.29, 1.82) is 0 Å². The van der Waals surface area contributed by atoms with Gasteiger partial charge < -0.3 is 10.1 Å². The first-order valence-electron chi connectivity index (χ1n) is 6.66. The van der Waals surface area contributed by atoms with Crippen LogP contribution < -0.4 is 10.1 Å². The molecule has 1 aliphatic rings. The normalized spacial score (nSPS) is 15.9. The second kappa shape index (κ2) is 6.42. The van der Waals surface area contributed by atoms with E-state index in [1.54, 1.807) is 0 Å². The topological polar surface area (TPSA) is 38.3 Å². The second-order valence-corrected chi connectivity index (χ2v) is 5.89. The van der Waals surface area contributed by atoms with Crippen LogP contribution in [0.4, 0.5) is 0 Å². The Kier molecular flexibility index (Phi) is 4.86. The molecule has 0 aromatic heterocycles. The molecular weight excluding hydrogens is 306 g/mol. The van der Waals surface area contributed by atoms with Gasteiger partial charge in [0, 0.05) is 11.9 Å². The number of halogens is 1. The number of alkyl halides is 1. The lowest BCUT2D eigenvalue weighted by molar-refractivity contribution is -0.121. The zero-order valence-electron chi connectivity index (χ0n) is 11.2. The van der Waals surface area contributed by atoms with Crippen LogP contribution in [0.3, 0.4) is 0 Å². The summed E-state index contributed by atoms with van der Waals surface area (Å²) in [5, 5.41) is 3.96. The largest absolute Gasteiger partial charge is 0.493 e. The van der Waals surface area contributed by atoms with E-state index >= 15 is 0 Å². The predicted octanol–water partition coefficient (Wildman–Crippen LogP) is 3.06. The first kappa shape index (κ1) is 14.4. The predicted molar refractivity (Wildman–Crippen MR) is 79.8 cm³/mol. The third-order valence-electron chi connectivity index (χ3n) is 3.49. The van der Waals surface area contributed by atoms with Crippen molar-refractivity contribution < 1.29 is 9.53 Å². The van der Waals surface area contributed by atoms with Crippen molar-refractivity contribution in [3.63, 3.8) is 0 Å². The van der Waals surface area contributed by atoms with Crippen LogP contribution >= 0.6 is 15.9 Å². The van der Waals surface area contributed by atoms with Crippen molar-refractivity contribution in [2.24, 2.45) is 5.41 Å². The number of hydrogen-bond donors (Lipinski definition) is 1. The van der Waals surface area contributed by atoms with Crippen LogP contribution in [0.25, 0.3) is 0 Å². The monoisotopic (exact) mass is 325 g/mol. The van der Waals surface area contributed by atoms with Crippen LogP contribution in [0, 0.1) is 12.3 Å². The molecule has 104 valence electrons. The molecule has 1 N–H and O–H groups in total. The Morgan fingerprint density at radius 3 is 2.89 bits per heavy atom. The van der Waals surface area contributed by atoms with Crippen LogP contribution in [0.1, 0.15) is 24.8 Å². The van der Waals surface area contributed by atoms with Crippen LogP contribution in [0.5, 0.6) is 5.75 Å². The number of ether oxygens (including phenoxy) is 1. The quantitative estimate of drug-likeness (QED) is 0.782. The average Bonchev–Trinajstić information content (AvgIpc) is 3.17. The van der Waals surface area contributed by atoms with Crippen LogP contribution in [-0.2, 0) is 4.79 Å². The van der Waals surface area contributed by atoms with Gasteiger partial charge in [-0.15, -0.1) is 0 Å². The number of aryl methyl sites for hydroxylation is 1. The molecule has 0 aliphatic heterocycles. The molecule has 0 atom stereocenters. The fourth-order valence-electron chi connectivity index (χ4n) is 1.88. The van der Waals surface area contributed by atoms with E-state index in [1.165, 1.54) is 12.8 Å². The fraction of sp³-hybridized carbons (Fsp3) is 0.533. The van der Waals surface area contributed by atoms with Crippen LogP contribution in [-0.4, -0.2) is 24.4 Å². The molecule has 0 radical (unpaired) electrons. The zero-order chi connectivity index (χ0) is 13.7. The van der Waals surface area contributed by atoms with Crippen LogP contribution in [0.2, 0.25) is 0 Å². The minimum absolute atomic E-state index is 0.0693. The van der Waals surface area contributed by atoms with E-state index in [9.17, 15) is 4.79 Å². The van der Waals surface area contributed by atoms with E-state index in [-0.39, 0.29) is 5.91 Å². The first-order chi connectivity index (χ1) is 9.13. The number of carbonyl (C=O) groups excluding carboxylic acids is 1. The standard InChI is InChI=1S/C15H20BrNO2/c1-12-3-2-4-13(9-12)19-8-5-14(18)17-11-15(10-16)6-7-15/h2-4,9H,5-8,10-11H2,1H3,(H,17,18). The van der Waals surface area contributed by atoms with Gasteiger partial charge in [0.1, 0.15) is 5.75 Å². The summed E-state index contributed by atoms with van der Waals surface area (Å²) in [6.45, 7) is 3.23. The third kappa shape index (κ3) is 4.53. The molecule has 4 heteroatoms. The summed E-state index contributed by atoms with van der Waals surface area (Å²) < 4.78 is 5.56. The van der Waals surface area contributed by atoms with Gasteiger partial charge in [-0.3, -0.25) is 4.79 Å². The summed E-state index contributed by atoms with van der Waals surface area (Å²) in [7, 11) is 0. The molecule has 1 fully saturated rings.